The lowest BCUT2D eigenvalue weighted by Crippen LogP contribution is -2.25. The lowest BCUT2D eigenvalue weighted by molar-refractivity contribution is 0.0949. The van der Waals surface area contributed by atoms with Crippen LogP contribution >= 0.6 is 11.6 Å². The normalized spacial score (nSPS) is 10.7. The Morgan fingerprint density at radius 1 is 1.19 bits per heavy atom. The SMILES string of the molecule is CCCCNC(=O)c1nc(-c2cnc(C)cn2)oc1-c1ccc(Cl)cc1. The summed E-state index contributed by atoms with van der Waals surface area (Å²) >= 11 is 5.96. The van der Waals surface area contributed by atoms with Gasteiger partial charge >= 0.3 is 0 Å². The van der Waals surface area contributed by atoms with Crippen LogP contribution in [0.3, 0.4) is 0 Å². The number of halogens is 1. The predicted molar refractivity (Wildman–Crippen MR) is 100.0 cm³/mol. The van der Waals surface area contributed by atoms with Gasteiger partial charge in [0.15, 0.2) is 11.5 Å². The van der Waals surface area contributed by atoms with Crippen LogP contribution in [-0.4, -0.2) is 27.4 Å². The highest BCUT2D eigenvalue weighted by Crippen LogP contribution is 2.29. The fraction of sp³-hybridized carbons (Fsp3) is 0.263. The van der Waals surface area contributed by atoms with E-state index in [4.69, 9.17) is 16.0 Å². The molecule has 0 aliphatic rings. The van der Waals surface area contributed by atoms with Crippen molar-refractivity contribution in [1.29, 1.82) is 0 Å². The van der Waals surface area contributed by atoms with E-state index in [-0.39, 0.29) is 17.5 Å². The van der Waals surface area contributed by atoms with Crippen molar-refractivity contribution < 1.29 is 9.21 Å². The largest absolute Gasteiger partial charge is 0.434 e. The molecule has 0 bridgehead atoms. The third-order valence-corrected chi connectivity index (χ3v) is 4.02. The zero-order valence-corrected chi connectivity index (χ0v) is 15.4. The Kier molecular flexibility index (Phi) is 5.63. The van der Waals surface area contributed by atoms with Gasteiger partial charge in [0.25, 0.3) is 5.91 Å². The summed E-state index contributed by atoms with van der Waals surface area (Å²) in [4.78, 5) is 25.4. The van der Waals surface area contributed by atoms with Gasteiger partial charge in [-0.25, -0.2) is 9.97 Å². The monoisotopic (exact) mass is 370 g/mol. The first-order valence-electron chi connectivity index (χ1n) is 8.42. The molecule has 1 aromatic carbocycles. The minimum absolute atomic E-state index is 0.223. The molecular formula is C19H19ClN4O2. The fourth-order valence-electron chi connectivity index (χ4n) is 2.35. The van der Waals surface area contributed by atoms with Crippen LogP contribution in [0.15, 0.2) is 41.1 Å². The van der Waals surface area contributed by atoms with Gasteiger partial charge in [0.2, 0.25) is 5.89 Å². The van der Waals surface area contributed by atoms with Crippen LogP contribution in [0, 0.1) is 6.92 Å². The summed E-state index contributed by atoms with van der Waals surface area (Å²) in [7, 11) is 0. The van der Waals surface area contributed by atoms with Gasteiger partial charge in [0, 0.05) is 23.3 Å². The maximum Gasteiger partial charge on any atom is 0.273 e. The Hall–Kier alpha value is -2.73. The van der Waals surface area contributed by atoms with Gasteiger partial charge in [-0.15, -0.1) is 0 Å². The van der Waals surface area contributed by atoms with Gasteiger partial charge in [0.05, 0.1) is 11.9 Å². The van der Waals surface area contributed by atoms with Crippen molar-refractivity contribution in [2.45, 2.75) is 26.7 Å². The van der Waals surface area contributed by atoms with Gasteiger partial charge in [-0.1, -0.05) is 24.9 Å². The highest BCUT2D eigenvalue weighted by atomic mass is 35.5. The molecule has 134 valence electrons. The Balaban J connectivity index is 2.00. The highest BCUT2D eigenvalue weighted by Gasteiger charge is 2.22. The molecule has 0 saturated carbocycles. The lowest BCUT2D eigenvalue weighted by Gasteiger charge is -2.03. The molecule has 0 spiro atoms. The number of nitrogens with one attached hydrogen (secondary N) is 1. The van der Waals surface area contributed by atoms with Crippen LogP contribution in [0.5, 0.6) is 0 Å². The number of aryl methyl sites for hydroxylation is 1. The number of rotatable bonds is 6. The molecule has 2 aromatic heterocycles. The molecule has 7 heteroatoms. The molecule has 0 fully saturated rings. The minimum Gasteiger partial charge on any atom is -0.434 e. The molecule has 0 atom stereocenters. The number of aromatic nitrogens is 3. The number of oxazole rings is 1. The molecule has 0 aliphatic carbocycles. The number of benzene rings is 1. The molecule has 1 N–H and O–H groups in total. The second-order valence-corrected chi connectivity index (χ2v) is 6.29. The smallest absolute Gasteiger partial charge is 0.273 e. The second-order valence-electron chi connectivity index (χ2n) is 5.86. The Bertz CT molecular complexity index is 889. The number of unbranched alkanes of at least 4 members (excludes halogenated alkanes) is 1. The second kappa shape index (κ2) is 8.10. The van der Waals surface area contributed by atoms with E-state index in [9.17, 15) is 4.79 Å². The van der Waals surface area contributed by atoms with E-state index in [2.05, 4.69) is 27.2 Å². The number of hydrogen-bond acceptors (Lipinski definition) is 5. The average molecular weight is 371 g/mol. The molecule has 0 aliphatic heterocycles. The standard InChI is InChI=1S/C19H19ClN4O2/c1-3-4-9-21-18(25)16-17(13-5-7-14(20)8-6-13)26-19(24-16)15-11-22-12(2)10-23-15/h5-8,10-11H,3-4,9H2,1-2H3,(H,21,25). The first-order valence-corrected chi connectivity index (χ1v) is 8.80. The summed E-state index contributed by atoms with van der Waals surface area (Å²) in [5, 5.41) is 3.48. The number of carbonyl (C=O) groups excluding carboxylic acids is 1. The Labute approximate surface area is 156 Å². The molecular weight excluding hydrogens is 352 g/mol. The zero-order chi connectivity index (χ0) is 18.5. The molecule has 1 amide bonds. The number of amides is 1. The highest BCUT2D eigenvalue weighted by molar-refractivity contribution is 6.30. The van der Waals surface area contributed by atoms with E-state index in [0.717, 1.165) is 18.5 Å². The summed E-state index contributed by atoms with van der Waals surface area (Å²) < 4.78 is 5.88. The Morgan fingerprint density at radius 3 is 2.62 bits per heavy atom. The van der Waals surface area contributed by atoms with Gasteiger partial charge in [-0.05, 0) is 37.6 Å². The van der Waals surface area contributed by atoms with E-state index in [1.165, 1.54) is 0 Å². The quantitative estimate of drug-likeness (QED) is 0.654. The topological polar surface area (TPSA) is 80.9 Å². The summed E-state index contributed by atoms with van der Waals surface area (Å²) in [6.45, 7) is 4.50. The van der Waals surface area contributed by atoms with Crippen molar-refractivity contribution >= 4 is 17.5 Å². The summed E-state index contributed by atoms with van der Waals surface area (Å²) in [5.41, 5.74) is 2.20. The van der Waals surface area contributed by atoms with Crippen molar-refractivity contribution in [2.75, 3.05) is 6.54 Å². The molecule has 2 heterocycles. The van der Waals surface area contributed by atoms with Crippen molar-refractivity contribution in [3.05, 3.63) is 53.1 Å². The molecule has 3 aromatic rings. The first kappa shape index (κ1) is 18.1. The van der Waals surface area contributed by atoms with Crippen molar-refractivity contribution in [2.24, 2.45) is 0 Å². The van der Waals surface area contributed by atoms with Crippen molar-refractivity contribution in [3.63, 3.8) is 0 Å². The van der Waals surface area contributed by atoms with Crippen LogP contribution in [0.2, 0.25) is 5.02 Å². The molecule has 0 unspecified atom stereocenters. The fourth-order valence-corrected chi connectivity index (χ4v) is 2.47. The number of nitrogens with zero attached hydrogens (tertiary/aromatic N) is 3. The molecule has 26 heavy (non-hydrogen) atoms. The third kappa shape index (κ3) is 4.08. The van der Waals surface area contributed by atoms with Crippen LogP contribution in [-0.2, 0) is 0 Å². The van der Waals surface area contributed by atoms with Gasteiger partial charge in [0.1, 0.15) is 5.69 Å². The molecule has 6 nitrogen and oxygen atoms in total. The Morgan fingerprint density at radius 2 is 1.96 bits per heavy atom. The first-order chi connectivity index (χ1) is 12.6. The molecule has 0 radical (unpaired) electrons. The van der Waals surface area contributed by atoms with Crippen LogP contribution in [0.1, 0.15) is 35.9 Å². The third-order valence-electron chi connectivity index (χ3n) is 3.76. The lowest BCUT2D eigenvalue weighted by atomic mass is 10.1. The van der Waals surface area contributed by atoms with Gasteiger partial charge in [-0.3, -0.25) is 9.78 Å². The molecule has 0 saturated heterocycles. The predicted octanol–water partition coefficient (Wildman–Crippen LogP) is 4.29. The van der Waals surface area contributed by atoms with E-state index in [1.54, 1.807) is 36.7 Å². The zero-order valence-electron chi connectivity index (χ0n) is 14.6. The van der Waals surface area contributed by atoms with E-state index >= 15 is 0 Å². The summed E-state index contributed by atoms with van der Waals surface area (Å²) in [5.74, 6) is 0.356. The van der Waals surface area contributed by atoms with Crippen molar-refractivity contribution in [3.8, 4) is 22.9 Å². The van der Waals surface area contributed by atoms with Gasteiger partial charge < -0.3 is 9.73 Å². The summed E-state index contributed by atoms with van der Waals surface area (Å²) in [6.07, 6.45) is 5.09. The minimum atomic E-state index is -0.279. The van der Waals surface area contributed by atoms with Crippen LogP contribution in [0.4, 0.5) is 0 Å². The van der Waals surface area contributed by atoms with Gasteiger partial charge in [-0.2, -0.15) is 0 Å². The van der Waals surface area contributed by atoms with Crippen LogP contribution < -0.4 is 5.32 Å². The van der Waals surface area contributed by atoms with E-state index in [0.29, 0.717) is 28.6 Å². The van der Waals surface area contributed by atoms with Crippen LogP contribution in [0.25, 0.3) is 22.9 Å². The van der Waals surface area contributed by atoms with Crippen molar-refractivity contribution in [1.82, 2.24) is 20.3 Å². The maximum absolute atomic E-state index is 12.6. The maximum atomic E-state index is 12.6. The van der Waals surface area contributed by atoms with E-state index in [1.807, 2.05) is 6.92 Å². The number of hydrogen-bond donors (Lipinski definition) is 1. The summed E-state index contributed by atoms with van der Waals surface area (Å²) in [6, 6.07) is 7.06. The average Bonchev–Trinajstić information content (AvgIpc) is 3.08. The number of carbonyl (C=O) groups is 1. The van der Waals surface area contributed by atoms with E-state index < -0.39 is 0 Å². The molecule has 3 rings (SSSR count).